The number of phenols is 1. The molecule has 0 radical (unpaired) electrons. The Morgan fingerprint density at radius 3 is 2.72 bits per heavy atom. The van der Waals surface area contributed by atoms with E-state index in [9.17, 15) is 9.50 Å². The van der Waals surface area contributed by atoms with E-state index in [1.807, 2.05) is 6.07 Å². The Bertz CT molecular complexity index is 1100. The molecule has 3 aromatic rings. The summed E-state index contributed by atoms with van der Waals surface area (Å²) in [6.07, 6.45) is 3.56. The van der Waals surface area contributed by atoms with E-state index in [4.69, 9.17) is 9.47 Å². The molecule has 4 atom stereocenters. The summed E-state index contributed by atoms with van der Waals surface area (Å²) in [7, 11) is 1.52. The van der Waals surface area contributed by atoms with Crippen molar-refractivity contribution in [2.24, 2.45) is 0 Å². The highest BCUT2D eigenvalue weighted by Gasteiger charge is 2.41. The molecule has 4 heterocycles. The number of nitrogens with zero attached hydrogens (tertiary/aromatic N) is 4. The first-order valence-corrected chi connectivity index (χ1v) is 10.7. The molecule has 32 heavy (non-hydrogen) atoms. The monoisotopic (exact) mass is 437 g/mol. The number of hydrogen-bond acceptors (Lipinski definition) is 8. The van der Waals surface area contributed by atoms with Crippen molar-refractivity contribution in [3.63, 3.8) is 0 Å². The molecule has 2 aliphatic rings. The van der Waals surface area contributed by atoms with Crippen molar-refractivity contribution in [2.75, 3.05) is 7.11 Å². The van der Waals surface area contributed by atoms with Crippen LogP contribution in [-0.4, -0.2) is 57.0 Å². The lowest BCUT2D eigenvalue weighted by Crippen LogP contribution is -2.59. The number of phenolic OH excluding ortho intramolecular Hbond substituents is 1. The Morgan fingerprint density at radius 2 is 1.94 bits per heavy atom. The van der Waals surface area contributed by atoms with Gasteiger partial charge in [0.1, 0.15) is 11.9 Å². The first-order chi connectivity index (χ1) is 15.6. The number of aromatic hydroxyl groups is 1. The summed E-state index contributed by atoms with van der Waals surface area (Å²) >= 11 is 0. The summed E-state index contributed by atoms with van der Waals surface area (Å²) < 4.78 is 25.7. The van der Waals surface area contributed by atoms with Crippen molar-refractivity contribution in [2.45, 2.75) is 50.0 Å². The third-order valence-corrected chi connectivity index (χ3v) is 6.13. The lowest BCUT2D eigenvalue weighted by atomic mass is 9.84. The van der Waals surface area contributed by atoms with Gasteiger partial charge in [-0.05, 0) is 36.6 Å². The summed E-state index contributed by atoms with van der Waals surface area (Å²) in [4.78, 5) is 0. The summed E-state index contributed by atoms with van der Waals surface area (Å²) in [5, 5.41) is 30.0. The molecule has 0 aliphatic carbocycles. The van der Waals surface area contributed by atoms with Crippen molar-refractivity contribution in [3.8, 4) is 39.9 Å². The number of ether oxygens (including phenoxy) is 2. The first-order valence-electron chi connectivity index (χ1n) is 10.7. The molecule has 9 heteroatoms. The van der Waals surface area contributed by atoms with Crippen molar-refractivity contribution in [1.82, 2.24) is 25.7 Å². The number of fused-ring (bicyclic) bond motifs is 2. The van der Waals surface area contributed by atoms with Gasteiger partial charge in [-0.2, -0.15) is 5.10 Å². The van der Waals surface area contributed by atoms with Crippen LogP contribution >= 0.6 is 0 Å². The summed E-state index contributed by atoms with van der Waals surface area (Å²) in [5.41, 5.74) is 2.55. The van der Waals surface area contributed by atoms with Crippen LogP contribution < -0.4 is 14.8 Å². The molecule has 2 bridgehead atoms. The minimum atomic E-state index is -1.06. The first kappa shape index (κ1) is 20.6. The second-order valence-electron chi connectivity index (χ2n) is 8.21. The van der Waals surface area contributed by atoms with Crippen LogP contribution in [0.3, 0.4) is 0 Å². The van der Waals surface area contributed by atoms with E-state index in [-0.39, 0.29) is 17.7 Å². The summed E-state index contributed by atoms with van der Waals surface area (Å²) in [5.74, 6) is 0.726. The molecule has 0 saturated carbocycles. The standard InChI is InChI=1S/C23H24FN5O3/c1-31-22-10-14(12-25-28-22)13-5-6-16(19(30)9-13)17-7-8-21(29-27-17)32-20-11-15-3-2-4-18(26-15)23(20)24/h5-10,12,15,18,20,23,26,30H,2-4,11H2,1H3/t15?,18?,20-,23+/m1/s1. The van der Waals surface area contributed by atoms with Crippen molar-refractivity contribution in [1.29, 1.82) is 0 Å². The van der Waals surface area contributed by atoms with E-state index in [1.54, 1.807) is 36.5 Å². The number of hydrogen-bond donors (Lipinski definition) is 2. The number of aromatic nitrogens is 4. The van der Waals surface area contributed by atoms with Crippen LogP contribution in [0.15, 0.2) is 42.6 Å². The molecular weight excluding hydrogens is 413 g/mol. The SMILES string of the molecule is COc1cc(-c2ccc(-c3ccc(O[C@@H]4CC5CCCC(N5)[C@@H]4F)nn3)c(O)c2)cnn1. The number of methoxy groups -OCH3 is 1. The number of alkyl halides is 1. The molecule has 0 amide bonds. The topological polar surface area (TPSA) is 102 Å². The van der Waals surface area contributed by atoms with Gasteiger partial charge in [0, 0.05) is 41.8 Å². The van der Waals surface area contributed by atoms with E-state index < -0.39 is 12.3 Å². The van der Waals surface area contributed by atoms with Gasteiger partial charge in [0.15, 0.2) is 6.17 Å². The Labute approximate surface area is 184 Å². The summed E-state index contributed by atoms with van der Waals surface area (Å²) in [6, 6.07) is 10.5. The van der Waals surface area contributed by atoms with E-state index in [1.165, 1.54) is 7.11 Å². The second-order valence-corrected chi connectivity index (χ2v) is 8.21. The van der Waals surface area contributed by atoms with Crippen LogP contribution in [0.1, 0.15) is 25.7 Å². The zero-order valence-corrected chi connectivity index (χ0v) is 17.6. The van der Waals surface area contributed by atoms with Gasteiger partial charge in [-0.25, -0.2) is 4.39 Å². The number of benzene rings is 1. The highest BCUT2D eigenvalue weighted by molar-refractivity contribution is 5.74. The Hall–Kier alpha value is -3.33. The quantitative estimate of drug-likeness (QED) is 0.627. The smallest absolute Gasteiger partial charge is 0.233 e. The van der Waals surface area contributed by atoms with Crippen molar-refractivity contribution < 1.29 is 19.0 Å². The maximum atomic E-state index is 14.7. The van der Waals surface area contributed by atoms with Gasteiger partial charge in [-0.3, -0.25) is 0 Å². The van der Waals surface area contributed by atoms with Crippen LogP contribution in [0.4, 0.5) is 4.39 Å². The molecule has 5 rings (SSSR count). The van der Waals surface area contributed by atoms with Crippen molar-refractivity contribution in [3.05, 3.63) is 42.6 Å². The normalized spacial score (nSPS) is 24.7. The Morgan fingerprint density at radius 1 is 1.03 bits per heavy atom. The fourth-order valence-electron chi connectivity index (χ4n) is 4.49. The van der Waals surface area contributed by atoms with E-state index >= 15 is 0 Å². The van der Waals surface area contributed by atoms with Crippen LogP contribution in [-0.2, 0) is 0 Å². The fourth-order valence-corrected chi connectivity index (χ4v) is 4.49. The molecule has 0 spiro atoms. The average Bonchev–Trinajstić information content (AvgIpc) is 2.83. The van der Waals surface area contributed by atoms with Gasteiger partial charge in [-0.1, -0.05) is 12.5 Å². The molecule has 2 N–H and O–H groups in total. The molecule has 2 unspecified atom stereocenters. The molecule has 2 saturated heterocycles. The molecular formula is C23H24FN5O3. The van der Waals surface area contributed by atoms with E-state index in [0.29, 0.717) is 29.6 Å². The lowest BCUT2D eigenvalue weighted by molar-refractivity contribution is 0.00652. The van der Waals surface area contributed by atoms with Crippen LogP contribution in [0, 0.1) is 0 Å². The van der Waals surface area contributed by atoms with Crippen LogP contribution in [0.2, 0.25) is 0 Å². The largest absolute Gasteiger partial charge is 0.507 e. The molecule has 166 valence electrons. The van der Waals surface area contributed by atoms with Crippen LogP contribution in [0.5, 0.6) is 17.5 Å². The molecule has 1 aromatic carbocycles. The van der Waals surface area contributed by atoms with E-state index in [2.05, 4.69) is 25.7 Å². The Kier molecular flexibility index (Phi) is 5.57. The highest BCUT2D eigenvalue weighted by Crippen LogP contribution is 2.34. The molecule has 2 fully saturated rings. The van der Waals surface area contributed by atoms with Gasteiger partial charge in [0.25, 0.3) is 0 Å². The molecule has 8 nitrogen and oxygen atoms in total. The highest BCUT2D eigenvalue weighted by atomic mass is 19.1. The van der Waals surface area contributed by atoms with Crippen LogP contribution in [0.25, 0.3) is 22.4 Å². The minimum absolute atomic E-state index is 0.0521. The van der Waals surface area contributed by atoms with Gasteiger partial charge in [-0.15, -0.1) is 15.3 Å². The lowest BCUT2D eigenvalue weighted by Gasteiger charge is -2.42. The Balaban J connectivity index is 1.31. The maximum absolute atomic E-state index is 14.7. The minimum Gasteiger partial charge on any atom is -0.507 e. The number of rotatable bonds is 5. The third-order valence-electron chi connectivity index (χ3n) is 6.13. The zero-order chi connectivity index (χ0) is 22.1. The fraction of sp³-hybridized carbons (Fsp3) is 0.391. The predicted octanol–water partition coefficient (Wildman–Crippen LogP) is 3.31. The second kappa shape index (κ2) is 8.66. The molecule has 2 aromatic heterocycles. The predicted molar refractivity (Wildman–Crippen MR) is 115 cm³/mol. The number of nitrogens with one attached hydrogen (secondary N) is 1. The van der Waals surface area contributed by atoms with E-state index in [0.717, 1.165) is 30.4 Å². The van der Waals surface area contributed by atoms with Gasteiger partial charge in [0.05, 0.1) is 19.0 Å². The van der Waals surface area contributed by atoms with Crippen molar-refractivity contribution >= 4 is 0 Å². The molecule has 2 aliphatic heterocycles. The number of piperidine rings is 2. The van der Waals surface area contributed by atoms with Gasteiger partial charge in [0.2, 0.25) is 11.8 Å². The third kappa shape index (κ3) is 4.08. The average molecular weight is 437 g/mol. The van der Waals surface area contributed by atoms with Gasteiger partial charge >= 0.3 is 0 Å². The summed E-state index contributed by atoms with van der Waals surface area (Å²) in [6.45, 7) is 0. The number of halogens is 1. The van der Waals surface area contributed by atoms with Gasteiger partial charge < -0.3 is 19.9 Å². The maximum Gasteiger partial charge on any atom is 0.233 e. The zero-order valence-electron chi connectivity index (χ0n) is 17.6.